The Balaban J connectivity index is 2.05. The second kappa shape index (κ2) is 6.68. The van der Waals surface area contributed by atoms with Crippen LogP contribution in [0, 0.1) is 0 Å². The van der Waals surface area contributed by atoms with E-state index in [0.29, 0.717) is 0 Å². The molecule has 0 aliphatic heterocycles. The molecule has 0 bridgehead atoms. The molecule has 0 radical (unpaired) electrons. The molecule has 2 rings (SSSR count). The molecule has 3 nitrogen and oxygen atoms in total. The van der Waals surface area contributed by atoms with Gasteiger partial charge < -0.3 is 5.73 Å². The molecule has 0 spiro atoms. The number of benzene rings is 1. The lowest BCUT2D eigenvalue weighted by Crippen LogP contribution is -2.23. The highest BCUT2D eigenvalue weighted by Gasteiger charge is 2.07. The van der Waals surface area contributed by atoms with Crippen LogP contribution in [0.25, 0.3) is 0 Å². The van der Waals surface area contributed by atoms with Crippen LogP contribution in [-0.2, 0) is 13.1 Å². The topological polar surface area (TPSA) is 42.2 Å². The third-order valence-electron chi connectivity index (χ3n) is 3.07. The van der Waals surface area contributed by atoms with Gasteiger partial charge in [-0.25, -0.2) is 0 Å². The molecule has 0 aliphatic rings. The molecule has 2 N–H and O–H groups in total. The van der Waals surface area contributed by atoms with Crippen molar-refractivity contribution in [3.8, 4) is 0 Å². The summed E-state index contributed by atoms with van der Waals surface area (Å²) < 4.78 is 1.01. The number of pyridine rings is 1. The van der Waals surface area contributed by atoms with Crippen LogP contribution in [0.4, 0.5) is 5.69 Å². The van der Waals surface area contributed by atoms with Crippen LogP contribution >= 0.6 is 15.9 Å². The maximum Gasteiger partial charge on any atom is 0.0544 e. The molecule has 0 atom stereocenters. The number of hydrogen-bond acceptors (Lipinski definition) is 3. The number of aromatic nitrogens is 1. The van der Waals surface area contributed by atoms with Crippen LogP contribution in [0.15, 0.2) is 47.1 Å². The van der Waals surface area contributed by atoms with Gasteiger partial charge >= 0.3 is 0 Å². The maximum absolute atomic E-state index is 5.99. The van der Waals surface area contributed by atoms with Gasteiger partial charge in [0.25, 0.3) is 0 Å². The molecule has 19 heavy (non-hydrogen) atoms. The third kappa shape index (κ3) is 4.04. The summed E-state index contributed by atoms with van der Waals surface area (Å²) in [5.74, 6) is 0. The van der Waals surface area contributed by atoms with Gasteiger partial charge in [0.1, 0.15) is 0 Å². The van der Waals surface area contributed by atoms with Crippen molar-refractivity contribution in [3.63, 3.8) is 0 Å². The van der Waals surface area contributed by atoms with Gasteiger partial charge in [0.15, 0.2) is 0 Å². The van der Waals surface area contributed by atoms with Crippen LogP contribution in [0.1, 0.15) is 18.2 Å². The molecular formula is C15H18BrN3. The van der Waals surface area contributed by atoms with E-state index in [2.05, 4.69) is 38.8 Å². The quantitative estimate of drug-likeness (QED) is 0.858. The average molecular weight is 320 g/mol. The molecule has 1 aromatic heterocycles. The van der Waals surface area contributed by atoms with Crippen LogP contribution in [0.2, 0.25) is 0 Å². The largest absolute Gasteiger partial charge is 0.398 e. The van der Waals surface area contributed by atoms with E-state index in [-0.39, 0.29) is 0 Å². The molecule has 0 saturated heterocycles. The highest BCUT2D eigenvalue weighted by molar-refractivity contribution is 9.10. The predicted octanol–water partition coefficient (Wildman–Crippen LogP) is 3.45. The lowest BCUT2D eigenvalue weighted by Gasteiger charge is -2.20. The second-order valence-electron chi connectivity index (χ2n) is 4.47. The highest BCUT2D eigenvalue weighted by Crippen LogP contribution is 2.15. The average Bonchev–Trinajstić information content (AvgIpc) is 2.43. The molecule has 4 heteroatoms. The lowest BCUT2D eigenvalue weighted by molar-refractivity contribution is 0.268. The first kappa shape index (κ1) is 14.0. The Morgan fingerprint density at radius 2 is 1.95 bits per heavy atom. The van der Waals surface area contributed by atoms with E-state index in [9.17, 15) is 0 Å². The maximum atomic E-state index is 5.99. The van der Waals surface area contributed by atoms with E-state index >= 15 is 0 Å². The van der Waals surface area contributed by atoms with Crippen molar-refractivity contribution in [2.24, 2.45) is 0 Å². The van der Waals surface area contributed by atoms with Crippen LogP contribution in [-0.4, -0.2) is 16.4 Å². The first-order chi connectivity index (χ1) is 9.19. The fourth-order valence-electron chi connectivity index (χ4n) is 1.93. The van der Waals surface area contributed by atoms with E-state index in [1.165, 1.54) is 5.56 Å². The van der Waals surface area contributed by atoms with E-state index < -0.39 is 0 Å². The number of rotatable bonds is 5. The predicted molar refractivity (Wildman–Crippen MR) is 82.6 cm³/mol. The molecule has 0 fully saturated rings. The van der Waals surface area contributed by atoms with Gasteiger partial charge in [-0.3, -0.25) is 9.88 Å². The number of nitrogen functional groups attached to an aromatic ring is 1. The van der Waals surface area contributed by atoms with E-state index in [1.807, 2.05) is 36.5 Å². The first-order valence-electron chi connectivity index (χ1n) is 6.35. The zero-order valence-electron chi connectivity index (χ0n) is 11.0. The van der Waals surface area contributed by atoms with Gasteiger partial charge in [-0.15, -0.1) is 0 Å². The second-order valence-corrected chi connectivity index (χ2v) is 5.39. The van der Waals surface area contributed by atoms with E-state index in [4.69, 9.17) is 5.73 Å². The smallest absolute Gasteiger partial charge is 0.0544 e. The summed E-state index contributed by atoms with van der Waals surface area (Å²) >= 11 is 3.40. The number of halogens is 1. The zero-order chi connectivity index (χ0) is 13.7. The van der Waals surface area contributed by atoms with Crippen LogP contribution in [0.5, 0.6) is 0 Å². The van der Waals surface area contributed by atoms with Crippen molar-refractivity contribution in [2.75, 3.05) is 12.3 Å². The van der Waals surface area contributed by atoms with Crippen molar-refractivity contribution in [3.05, 3.63) is 58.3 Å². The highest BCUT2D eigenvalue weighted by atomic mass is 79.9. The van der Waals surface area contributed by atoms with Gasteiger partial charge in [-0.2, -0.15) is 0 Å². The Morgan fingerprint density at radius 1 is 1.16 bits per heavy atom. The molecule has 0 saturated carbocycles. The molecule has 100 valence electrons. The van der Waals surface area contributed by atoms with Crippen LogP contribution in [0.3, 0.4) is 0 Å². The summed E-state index contributed by atoms with van der Waals surface area (Å²) in [5.41, 5.74) is 9.08. The monoisotopic (exact) mass is 319 g/mol. The number of nitrogens with zero attached hydrogens (tertiary/aromatic N) is 2. The van der Waals surface area contributed by atoms with E-state index in [1.54, 1.807) is 0 Å². The molecular weight excluding hydrogens is 302 g/mol. The Bertz CT molecular complexity index is 525. The van der Waals surface area contributed by atoms with Gasteiger partial charge in [0.2, 0.25) is 0 Å². The molecule has 0 aliphatic carbocycles. The van der Waals surface area contributed by atoms with Crippen LogP contribution < -0.4 is 5.73 Å². The van der Waals surface area contributed by atoms with Gasteiger partial charge in [0, 0.05) is 29.4 Å². The van der Waals surface area contributed by atoms with Gasteiger partial charge in [0.05, 0.1) is 5.69 Å². The molecule has 0 unspecified atom stereocenters. The lowest BCUT2D eigenvalue weighted by atomic mass is 10.1. The Kier molecular flexibility index (Phi) is 4.93. The SMILES string of the molecule is CCN(Cc1ccc(Br)cn1)Cc1ccccc1N. The zero-order valence-corrected chi connectivity index (χ0v) is 12.6. The summed E-state index contributed by atoms with van der Waals surface area (Å²) in [6, 6.07) is 12.1. The Morgan fingerprint density at radius 3 is 2.58 bits per heavy atom. The molecule has 2 aromatic rings. The molecule has 0 amide bonds. The summed E-state index contributed by atoms with van der Waals surface area (Å²) in [5, 5.41) is 0. The fraction of sp³-hybridized carbons (Fsp3) is 0.267. The number of nitrogens with two attached hydrogens (primary N) is 1. The molecule has 1 heterocycles. The minimum atomic E-state index is 0.831. The third-order valence-corrected chi connectivity index (χ3v) is 3.54. The Labute approximate surface area is 122 Å². The normalized spacial score (nSPS) is 10.9. The van der Waals surface area contributed by atoms with Crippen molar-refractivity contribution in [2.45, 2.75) is 20.0 Å². The van der Waals surface area contributed by atoms with Gasteiger partial charge in [-0.05, 0) is 46.2 Å². The fourth-order valence-corrected chi connectivity index (χ4v) is 2.16. The van der Waals surface area contributed by atoms with Crippen molar-refractivity contribution in [1.29, 1.82) is 0 Å². The number of hydrogen-bond donors (Lipinski definition) is 1. The Hall–Kier alpha value is -1.39. The minimum absolute atomic E-state index is 0.831. The van der Waals surface area contributed by atoms with Gasteiger partial charge in [-0.1, -0.05) is 25.1 Å². The number of anilines is 1. The van der Waals surface area contributed by atoms with Crippen molar-refractivity contribution < 1.29 is 0 Å². The standard InChI is InChI=1S/C15H18BrN3/c1-2-19(10-12-5-3-4-6-15(12)17)11-14-8-7-13(16)9-18-14/h3-9H,2,10-11,17H2,1H3. The summed E-state index contributed by atoms with van der Waals surface area (Å²) in [6.07, 6.45) is 1.83. The van der Waals surface area contributed by atoms with E-state index in [0.717, 1.165) is 35.5 Å². The summed E-state index contributed by atoms with van der Waals surface area (Å²) in [6.45, 7) is 4.79. The minimum Gasteiger partial charge on any atom is -0.398 e. The van der Waals surface area contributed by atoms with Crippen molar-refractivity contribution in [1.82, 2.24) is 9.88 Å². The van der Waals surface area contributed by atoms with Crippen molar-refractivity contribution >= 4 is 21.6 Å². The number of para-hydroxylation sites is 1. The summed E-state index contributed by atoms with van der Waals surface area (Å²) in [7, 11) is 0. The first-order valence-corrected chi connectivity index (χ1v) is 7.14. The summed E-state index contributed by atoms with van der Waals surface area (Å²) in [4.78, 5) is 6.73. The molecule has 1 aromatic carbocycles.